The summed E-state index contributed by atoms with van der Waals surface area (Å²) in [6.07, 6.45) is -20.1. The first-order valence-electron chi connectivity index (χ1n) is 10.2. The molecule has 0 aliphatic heterocycles. The summed E-state index contributed by atoms with van der Waals surface area (Å²) in [5.41, 5.74) is -1.87. The quantitative estimate of drug-likeness (QED) is 0.104. The standard InChI is InChI=1S/C19H39O12/c1-3-5-6-19(4-2,17(30)15(28)13(26)11(24)9(22)7-20)18(31)16(29)14(27)12(25)10(23)8-21/h9-18,20-31H,2-8H2,1H3/t9-,10-,11-,12-,13+,14+,15-,16-,17?,18?,19?/m1/s1. The molecular formula is C19H39O12. The number of rotatable bonds is 16. The molecule has 0 aliphatic carbocycles. The lowest BCUT2D eigenvalue weighted by molar-refractivity contribution is -0.212. The highest BCUT2D eigenvalue weighted by atomic mass is 16.4. The average molecular weight is 460 g/mol. The van der Waals surface area contributed by atoms with Gasteiger partial charge in [-0.05, 0) is 12.8 Å². The van der Waals surface area contributed by atoms with E-state index >= 15 is 0 Å². The third-order valence-corrected chi connectivity index (χ3v) is 5.85. The molecule has 0 heterocycles. The zero-order valence-corrected chi connectivity index (χ0v) is 17.6. The molecule has 0 amide bonds. The number of unbranched alkanes of at least 4 members (excludes halogenated alkanes) is 1. The molecule has 12 N–H and O–H groups in total. The first-order chi connectivity index (χ1) is 14.4. The molecule has 0 rings (SSSR count). The molecule has 31 heavy (non-hydrogen) atoms. The fraction of sp³-hybridized carbons (Fsp3) is 0.947. The molecule has 0 spiro atoms. The van der Waals surface area contributed by atoms with Crippen molar-refractivity contribution in [2.75, 3.05) is 13.2 Å². The minimum absolute atomic E-state index is 0.0831. The van der Waals surface area contributed by atoms with E-state index in [2.05, 4.69) is 6.92 Å². The molecule has 2 unspecified atom stereocenters. The Balaban J connectivity index is 5.94. The summed E-state index contributed by atoms with van der Waals surface area (Å²) in [7, 11) is 0. The molecule has 0 bridgehead atoms. The molecule has 0 aromatic rings. The average Bonchev–Trinajstić information content (AvgIpc) is 2.79. The lowest BCUT2D eigenvalue weighted by atomic mass is 9.66. The van der Waals surface area contributed by atoms with Gasteiger partial charge in [-0.2, -0.15) is 0 Å². The van der Waals surface area contributed by atoms with Gasteiger partial charge in [0.15, 0.2) is 0 Å². The van der Waals surface area contributed by atoms with Crippen LogP contribution in [0.1, 0.15) is 32.6 Å². The highest BCUT2D eigenvalue weighted by Crippen LogP contribution is 2.41. The minimum Gasteiger partial charge on any atom is -0.394 e. The van der Waals surface area contributed by atoms with Gasteiger partial charge in [0.25, 0.3) is 0 Å². The van der Waals surface area contributed by atoms with E-state index in [1.54, 1.807) is 6.92 Å². The van der Waals surface area contributed by atoms with Crippen molar-refractivity contribution in [3.63, 3.8) is 0 Å². The molecule has 0 saturated carbocycles. The Bertz CT molecular complexity index is 447. The maximum Gasteiger partial charge on any atom is 0.111 e. The molecule has 0 saturated heterocycles. The third-order valence-electron chi connectivity index (χ3n) is 5.85. The lowest BCUT2D eigenvalue weighted by Crippen LogP contribution is -2.62. The lowest BCUT2D eigenvalue weighted by Gasteiger charge is -2.47. The number of aliphatic hydroxyl groups excluding tert-OH is 12. The summed E-state index contributed by atoms with van der Waals surface area (Å²) in [5.74, 6) is 0. The summed E-state index contributed by atoms with van der Waals surface area (Å²) in [4.78, 5) is 0. The Kier molecular flexibility index (Phi) is 13.7. The van der Waals surface area contributed by atoms with E-state index in [0.717, 1.165) is 0 Å². The van der Waals surface area contributed by atoms with Gasteiger partial charge in [0.05, 0.1) is 25.4 Å². The molecule has 10 atom stereocenters. The molecule has 12 heteroatoms. The van der Waals surface area contributed by atoms with Gasteiger partial charge < -0.3 is 61.3 Å². The van der Waals surface area contributed by atoms with Crippen LogP contribution in [0.3, 0.4) is 0 Å². The predicted molar refractivity (Wildman–Crippen MR) is 106 cm³/mol. The summed E-state index contributed by atoms with van der Waals surface area (Å²) >= 11 is 0. The molecule has 0 aromatic carbocycles. The van der Waals surface area contributed by atoms with Crippen LogP contribution in [0, 0.1) is 12.3 Å². The van der Waals surface area contributed by atoms with Crippen molar-refractivity contribution in [1.82, 2.24) is 0 Å². The second kappa shape index (κ2) is 13.9. The Labute approximate surface area is 181 Å². The van der Waals surface area contributed by atoms with Crippen LogP contribution < -0.4 is 0 Å². The van der Waals surface area contributed by atoms with E-state index in [-0.39, 0.29) is 12.8 Å². The molecule has 1 radical (unpaired) electrons. The SMILES string of the molecule is [CH2]CC(CCCC)(C(O)[C@H](O)[C@@H](O)[C@H](O)[C@H](O)CO)C(O)[C@H](O)[C@@H](O)[C@H](O)[C@H](O)CO. The zero-order chi connectivity index (χ0) is 24.5. The van der Waals surface area contributed by atoms with Crippen molar-refractivity contribution in [3.8, 4) is 0 Å². The Morgan fingerprint density at radius 1 is 0.613 bits per heavy atom. The highest BCUT2D eigenvalue weighted by Gasteiger charge is 2.52. The molecule has 12 nitrogen and oxygen atoms in total. The van der Waals surface area contributed by atoms with Crippen LogP contribution in [-0.2, 0) is 0 Å². The molecule has 0 aliphatic rings. The van der Waals surface area contributed by atoms with E-state index in [1.165, 1.54) is 0 Å². The summed E-state index contributed by atoms with van der Waals surface area (Å²) in [6, 6.07) is 0. The maximum absolute atomic E-state index is 10.8. The predicted octanol–water partition coefficient (Wildman–Crippen LogP) is -5.02. The molecule has 0 aromatic heterocycles. The second-order valence-electron chi connectivity index (χ2n) is 7.92. The highest BCUT2D eigenvalue weighted by molar-refractivity contribution is 5.03. The van der Waals surface area contributed by atoms with Gasteiger partial charge >= 0.3 is 0 Å². The first-order valence-corrected chi connectivity index (χ1v) is 10.2. The van der Waals surface area contributed by atoms with Gasteiger partial charge in [0, 0.05) is 5.41 Å². The number of aliphatic hydroxyl groups is 12. The Morgan fingerprint density at radius 3 is 1.23 bits per heavy atom. The van der Waals surface area contributed by atoms with Crippen LogP contribution in [0.2, 0.25) is 0 Å². The van der Waals surface area contributed by atoms with E-state index in [4.69, 9.17) is 10.2 Å². The maximum atomic E-state index is 10.8. The van der Waals surface area contributed by atoms with Gasteiger partial charge in [-0.25, -0.2) is 0 Å². The summed E-state index contributed by atoms with van der Waals surface area (Å²) in [5, 5.41) is 119. The van der Waals surface area contributed by atoms with Crippen LogP contribution in [0.5, 0.6) is 0 Å². The van der Waals surface area contributed by atoms with Crippen molar-refractivity contribution in [2.24, 2.45) is 5.41 Å². The normalized spacial score (nSPS) is 24.2. The largest absolute Gasteiger partial charge is 0.394 e. The van der Waals surface area contributed by atoms with E-state index in [1.807, 2.05) is 0 Å². The fourth-order valence-electron chi connectivity index (χ4n) is 3.53. The zero-order valence-electron chi connectivity index (χ0n) is 17.6. The smallest absolute Gasteiger partial charge is 0.111 e. The molecule has 187 valence electrons. The van der Waals surface area contributed by atoms with Gasteiger partial charge in [-0.1, -0.05) is 26.7 Å². The number of hydrogen-bond acceptors (Lipinski definition) is 12. The Morgan fingerprint density at radius 2 is 0.968 bits per heavy atom. The minimum atomic E-state index is -2.18. The van der Waals surface area contributed by atoms with Crippen LogP contribution in [0.15, 0.2) is 0 Å². The van der Waals surface area contributed by atoms with E-state index in [0.29, 0.717) is 12.8 Å². The van der Waals surface area contributed by atoms with Crippen molar-refractivity contribution < 1.29 is 61.3 Å². The van der Waals surface area contributed by atoms with E-state index < -0.39 is 79.7 Å². The van der Waals surface area contributed by atoms with Gasteiger partial charge in [-0.15, -0.1) is 0 Å². The molecular weight excluding hydrogens is 420 g/mol. The van der Waals surface area contributed by atoms with Crippen LogP contribution >= 0.6 is 0 Å². The number of hydrogen-bond donors (Lipinski definition) is 12. The fourth-order valence-corrected chi connectivity index (χ4v) is 3.53. The second-order valence-corrected chi connectivity index (χ2v) is 7.92. The van der Waals surface area contributed by atoms with Gasteiger partial charge in [0.1, 0.15) is 48.8 Å². The first kappa shape index (κ1) is 30.5. The summed E-state index contributed by atoms with van der Waals surface area (Å²) in [6.45, 7) is 3.49. The van der Waals surface area contributed by atoms with Crippen molar-refractivity contribution in [1.29, 1.82) is 0 Å². The van der Waals surface area contributed by atoms with Gasteiger partial charge in [-0.3, -0.25) is 0 Å². The van der Waals surface area contributed by atoms with Crippen LogP contribution in [0.25, 0.3) is 0 Å². The van der Waals surface area contributed by atoms with Crippen molar-refractivity contribution in [2.45, 2.75) is 93.6 Å². The Hall–Kier alpha value is -0.480. The third kappa shape index (κ3) is 7.25. The van der Waals surface area contributed by atoms with Crippen molar-refractivity contribution in [3.05, 3.63) is 6.92 Å². The molecule has 0 fully saturated rings. The monoisotopic (exact) mass is 459 g/mol. The van der Waals surface area contributed by atoms with E-state index in [9.17, 15) is 51.1 Å². The van der Waals surface area contributed by atoms with Crippen LogP contribution in [-0.4, -0.2) is 136 Å². The van der Waals surface area contributed by atoms with Crippen LogP contribution in [0.4, 0.5) is 0 Å². The van der Waals surface area contributed by atoms with Gasteiger partial charge in [0.2, 0.25) is 0 Å². The van der Waals surface area contributed by atoms with Crippen molar-refractivity contribution >= 4 is 0 Å². The topological polar surface area (TPSA) is 243 Å². The summed E-state index contributed by atoms with van der Waals surface area (Å²) < 4.78 is 0.